The highest BCUT2D eigenvalue weighted by Crippen LogP contribution is 2.11. The highest BCUT2D eigenvalue weighted by molar-refractivity contribution is 5.49. The summed E-state index contributed by atoms with van der Waals surface area (Å²) in [5.41, 5.74) is 7.22. The number of nitrogen functional groups attached to an aromatic ring is 1. The van der Waals surface area contributed by atoms with E-state index < -0.39 is 0 Å². The molecule has 0 saturated carbocycles. The van der Waals surface area contributed by atoms with Crippen molar-refractivity contribution in [2.75, 3.05) is 5.73 Å². The highest BCUT2D eigenvalue weighted by Gasteiger charge is 2.02. The van der Waals surface area contributed by atoms with Crippen LogP contribution in [0.4, 0.5) is 5.95 Å². The van der Waals surface area contributed by atoms with Crippen molar-refractivity contribution in [3.8, 4) is 11.5 Å². The molecule has 3 N–H and O–H groups in total. The number of hydrogen-bond donors (Lipinski definition) is 2. The van der Waals surface area contributed by atoms with Gasteiger partial charge in [-0.3, -0.25) is 10.1 Å². The number of nitrogens with zero attached hydrogens (tertiary/aromatic N) is 3. The lowest BCUT2D eigenvalue weighted by atomic mass is 10.3. The average Bonchev–Trinajstić information content (AvgIpc) is 2.53. The zero-order chi connectivity index (χ0) is 9.26. The van der Waals surface area contributed by atoms with Gasteiger partial charge in [0.2, 0.25) is 5.95 Å². The monoisotopic (exact) mass is 175 g/mol. The first-order valence-electron chi connectivity index (χ1n) is 3.86. The molecule has 0 atom stereocenters. The van der Waals surface area contributed by atoms with Crippen LogP contribution in [-0.4, -0.2) is 20.2 Å². The predicted octanol–water partition coefficient (Wildman–Crippen LogP) is 0.757. The summed E-state index contributed by atoms with van der Waals surface area (Å²) in [6, 6.07) is 3.83. The Morgan fingerprint density at radius 1 is 1.38 bits per heavy atom. The molecule has 2 heterocycles. The molecule has 0 aliphatic carbocycles. The van der Waals surface area contributed by atoms with Crippen molar-refractivity contribution in [2.45, 2.75) is 6.92 Å². The maximum absolute atomic E-state index is 5.36. The van der Waals surface area contributed by atoms with Gasteiger partial charge in [0.25, 0.3) is 0 Å². The van der Waals surface area contributed by atoms with Gasteiger partial charge in [-0.25, -0.2) is 0 Å². The van der Waals surface area contributed by atoms with Crippen LogP contribution in [0.3, 0.4) is 0 Å². The average molecular weight is 175 g/mol. The van der Waals surface area contributed by atoms with Gasteiger partial charge in [0.15, 0.2) is 5.82 Å². The van der Waals surface area contributed by atoms with Crippen LogP contribution in [0.15, 0.2) is 18.3 Å². The van der Waals surface area contributed by atoms with E-state index in [-0.39, 0.29) is 5.95 Å². The van der Waals surface area contributed by atoms with Crippen LogP contribution in [-0.2, 0) is 0 Å². The Morgan fingerprint density at radius 2 is 2.23 bits per heavy atom. The molecule has 0 aliphatic heterocycles. The molecule has 66 valence electrons. The molecule has 2 rings (SSSR count). The number of nitrogens with one attached hydrogen (secondary N) is 1. The largest absolute Gasteiger partial charge is 0.366 e. The van der Waals surface area contributed by atoms with E-state index in [0.717, 1.165) is 11.3 Å². The number of aromatic amines is 1. The fourth-order valence-electron chi connectivity index (χ4n) is 0.997. The second-order valence-electron chi connectivity index (χ2n) is 2.76. The minimum absolute atomic E-state index is 0.234. The van der Waals surface area contributed by atoms with E-state index in [1.807, 2.05) is 19.1 Å². The third-order valence-corrected chi connectivity index (χ3v) is 1.66. The Hall–Kier alpha value is -1.91. The van der Waals surface area contributed by atoms with Crippen LogP contribution >= 0.6 is 0 Å². The lowest BCUT2D eigenvalue weighted by Gasteiger charge is -1.94. The number of hydrogen-bond acceptors (Lipinski definition) is 4. The van der Waals surface area contributed by atoms with Crippen molar-refractivity contribution in [3.63, 3.8) is 0 Å². The molecule has 0 spiro atoms. The van der Waals surface area contributed by atoms with Crippen molar-refractivity contribution < 1.29 is 0 Å². The van der Waals surface area contributed by atoms with Gasteiger partial charge in [-0.2, -0.15) is 4.98 Å². The van der Waals surface area contributed by atoms with Gasteiger partial charge >= 0.3 is 0 Å². The van der Waals surface area contributed by atoms with Crippen LogP contribution in [0.1, 0.15) is 5.56 Å². The molecular weight excluding hydrogens is 166 g/mol. The van der Waals surface area contributed by atoms with Crippen molar-refractivity contribution in [2.24, 2.45) is 0 Å². The van der Waals surface area contributed by atoms with Gasteiger partial charge in [0.1, 0.15) is 5.69 Å². The predicted molar refractivity (Wildman–Crippen MR) is 48.8 cm³/mol. The highest BCUT2D eigenvalue weighted by atomic mass is 15.3. The van der Waals surface area contributed by atoms with Crippen LogP contribution in [0.5, 0.6) is 0 Å². The van der Waals surface area contributed by atoms with Crippen molar-refractivity contribution >= 4 is 5.95 Å². The molecule has 5 nitrogen and oxygen atoms in total. The summed E-state index contributed by atoms with van der Waals surface area (Å²) >= 11 is 0. The summed E-state index contributed by atoms with van der Waals surface area (Å²) < 4.78 is 0. The third-order valence-electron chi connectivity index (χ3n) is 1.66. The standard InChI is InChI=1S/C8H9N5/c1-5-2-3-6(10-4-5)7-11-8(9)13-12-7/h2-4H,1H3,(H3,9,11,12,13). The quantitative estimate of drug-likeness (QED) is 0.670. The Morgan fingerprint density at radius 3 is 2.77 bits per heavy atom. The Bertz CT molecular complexity index is 403. The summed E-state index contributed by atoms with van der Waals surface area (Å²) in [5.74, 6) is 0.829. The SMILES string of the molecule is Cc1ccc(-c2nc(N)n[nH]2)nc1. The number of aryl methyl sites for hydroxylation is 1. The topological polar surface area (TPSA) is 80.5 Å². The first-order chi connectivity index (χ1) is 6.25. The van der Waals surface area contributed by atoms with Gasteiger partial charge in [-0.05, 0) is 18.6 Å². The molecule has 0 saturated heterocycles. The molecule has 0 bridgehead atoms. The molecule has 0 unspecified atom stereocenters. The molecule has 5 heteroatoms. The van der Waals surface area contributed by atoms with E-state index in [1.54, 1.807) is 6.20 Å². The maximum Gasteiger partial charge on any atom is 0.239 e. The van der Waals surface area contributed by atoms with Crippen LogP contribution in [0, 0.1) is 6.92 Å². The molecule has 0 aromatic carbocycles. The Labute approximate surface area is 75.0 Å². The van der Waals surface area contributed by atoms with Gasteiger partial charge in [-0.1, -0.05) is 6.07 Å². The van der Waals surface area contributed by atoms with Crippen LogP contribution < -0.4 is 5.73 Å². The molecule has 0 aliphatic rings. The zero-order valence-electron chi connectivity index (χ0n) is 7.15. The fraction of sp³-hybridized carbons (Fsp3) is 0.125. The smallest absolute Gasteiger partial charge is 0.239 e. The first kappa shape index (κ1) is 7.72. The summed E-state index contributed by atoms with van der Waals surface area (Å²) in [4.78, 5) is 8.13. The van der Waals surface area contributed by atoms with Gasteiger partial charge < -0.3 is 5.73 Å². The van der Waals surface area contributed by atoms with E-state index in [1.165, 1.54) is 0 Å². The number of H-pyrrole nitrogens is 1. The minimum Gasteiger partial charge on any atom is -0.366 e. The minimum atomic E-state index is 0.234. The summed E-state index contributed by atoms with van der Waals surface area (Å²) in [7, 11) is 0. The van der Waals surface area contributed by atoms with Crippen LogP contribution in [0.25, 0.3) is 11.5 Å². The number of nitrogens with two attached hydrogens (primary N) is 1. The van der Waals surface area contributed by atoms with Crippen LogP contribution in [0.2, 0.25) is 0 Å². The van der Waals surface area contributed by atoms with Gasteiger partial charge in [0, 0.05) is 6.20 Å². The van der Waals surface area contributed by atoms with E-state index >= 15 is 0 Å². The van der Waals surface area contributed by atoms with Gasteiger partial charge in [0.05, 0.1) is 0 Å². The molecule has 2 aromatic heterocycles. The second-order valence-corrected chi connectivity index (χ2v) is 2.76. The van der Waals surface area contributed by atoms with Gasteiger partial charge in [-0.15, -0.1) is 5.10 Å². The molecular formula is C8H9N5. The maximum atomic E-state index is 5.36. The summed E-state index contributed by atoms with van der Waals surface area (Å²) in [5, 5.41) is 6.41. The second kappa shape index (κ2) is 2.85. The molecule has 0 amide bonds. The Balaban J connectivity index is 2.41. The van der Waals surface area contributed by atoms with E-state index in [4.69, 9.17) is 5.73 Å². The lowest BCUT2D eigenvalue weighted by Crippen LogP contribution is -1.87. The fourth-order valence-corrected chi connectivity index (χ4v) is 0.997. The number of aromatic nitrogens is 4. The molecule has 0 fully saturated rings. The van der Waals surface area contributed by atoms with E-state index in [2.05, 4.69) is 20.2 Å². The van der Waals surface area contributed by atoms with Crippen molar-refractivity contribution in [1.82, 2.24) is 20.2 Å². The van der Waals surface area contributed by atoms with Crippen molar-refractivity contribution in [3.05, 3.63) is 23.9 Å². The number of anilines is 1. The third kappa shape index (κ3) is 1.48. The van der Waals surface area contributed by atoms with Crippen molar-refractivity contribution in [1.29, 1.82) is 0 Å². The molecule has 2 aromatic rings. The zero-order valence-corrected chi connectivity index (χ0v) is 7.15. The normalized spacial score (nSPS) is 10.2. The summed E-state index contributed by atoms with van der Waals surface area (Å²) in [6.45, 7) is 1.98. The molecule has 0 radical (unpaired) electrons. The summed E-state index contributed by atoms with van der Waals surface area (Å²) in [6.07, 6.45) is 1.77. The van der Waals surface area contributed by atoms with E-state index in [9.17, 15) is 0 Å². The van der Waals surface area contributed by atoms with E-state index in [0.29, 0.717) is 5.82 Å². The number of rotatable bonds is 1. The number of pyridine rings is 1. The first-order valence-corrected chi connectivity index (χ1v) is 3.86. The lowest BCUT2D eigenvalue weighted by molar-refractivity contribution is 1.09. The Kier molecular flexibility index (Phi) is 1.70. The molecule has 13 heavy (non-hydrogen) atoms.